The first-order valence-electron chi connectivity index (χ1n) is 6.27. The molecule has 1 rings (SSSR count). The number of nitrogens with zero attached hydrogens (tertiary/aromatic N) is 3. The van der Waals surface area contributed by atoms with Gasteiger partial charge in [-0.3, -0.25) is 4.79 Å². The van der Waals surface area contributed by atoms with Crippen molar-refractivity contribution in [3.63, 3.8) is 0 Å². The average Bonchev–Trinajstić information content (AvgIpc) is 2.43. The number of aliphatic carboxylic acids is 1. The SMILES string of the molecule is CCN(CC(C)C(=O)O)C(=O)N1CCOC(C#N)C1. The molecular formula is C12H19N3O4. The third kappa shape index (κ3) is 4.10. The Morgan fingerprint density at radius 1 is 1.63 bits per heavy atom. The highest BCUT2D eigenvalue weighted by molar-refractivity contribution is 5.76. The van der Waals surface area contributed by atoms with Crippen molar-refractivity contribution in [1.29, 1.82) is 5.26 Å². The predicted octanol–water partition coefficient (Wildman–Crippen LogP) is 0.373. The number of nitriles is 1. The van der Waals surface area contributed by atoms with Crippen LogP contribution in [0.25, 0.3) is 0 Å². The first-order valence-corrected chi connectivity index (χ1v) is 6.27. The number of ether oxygens (including phenoxy) is 1. The van der Waals surface area contributed by atoms with Crippen molar-refractivity contribution in [3.8, 4) is 6.07 Å². The van der Waals surface area contributed by atoms with Crippen LogP contribution in [0.1, 0.15) is 13.8 Å². The molecule has 2 amide bonds. The number of carboxylic acids is 1. The van der Waals surface area contributed by atoms with Gasteiger partial charge < -0.3 is 19.6 Å². The van der Waals surface area contributed by atoms with Crippen LogP contribution in [0.15, 0.2) is 0 Å². The van der Waals surface area contributed by atoms with E-state index in [1.54, 1.807) is 13.8 Å². The van der Waals surface area contributed by atoms with Gasteiger partial charge in [0.15, 0.2) is 6.10 Å². The Morgan fingerprint density at radius 2 is 2.32 bits per heavy atom. The second-order valence-corrected chi connectivity index (χ2v) is 4.50. The van der Waals surface area contributed by atoms with Crippen molar-refractivity contribution < 1.29 is 19.4 Å². The molecule has 0 radical (unpaired) electrons. The third-order valence-electron chi connectivity index (χ3n) is 3.05. The van der Waals surface area contributed by atoms with Crippen molar-refractivity contribution in [2.45, 2.75) is 20.0 Å². The van der Waals surface area contributed by atoms with Crippen LogP contribution in [0.3, 0.4) is 0 Å². The average molecular weight is 269 g/mol. The molecule has 1 fully saturated rings. The fourth-order valence-electron chi connectivity index (χ4n) is 1.85. The molecule has 19 heavy (non-hydrogen) atoms. The molecule has 1 saturated heterocycles. The van der Waals surface area contributed by atoms with E-state index in [-0.39, 0.29) is 19.1 Å². The molecule has 1 aliphatic heterocycles. The number of amides is 2. The second kappa shape index (κ2) is 6.95. The lowest BCUT2D eigenvalue weighted by molar-refractivity contribution is -0.141. The van der Waals surface area contributed by atoms with Crippen LogP contribution in [-0.2, 0) is 9.53 Å². The first kappa shape index (κ1) is 15.2. The summed E-state index contributed by atoms with van der Waals surface area (Å²) < 4.78 is 5.17. The summed E-state index contributed by atoms with van der Waals surface area (Å²) in [4.78, 5) is 26.1. The Hall–Kier alpha value is -1.81. The van der Waals surface area contributed by atoms with Gasteiger partial charge >= 0.3 is 12.0 Å². The lowest BCUT2D eigenvalue weighted by Crippen LogP contribution is -2.51. The van der Waals surface area contributed by atoms with Gasteiger partial charge in [0.05, 0.1) is 25.1 Å². The summed E-state index contributed by atoms with van der Waals surface area (Å²) in [5, 5.41) is 17.7. The molecular weight excluding hydrogens is 250 g/mol. The lowest BCUT2D eigenvalue weighted by atomic mass is 10.2. The van der Waals surface area contributed by atoms with Crippen molar-refractivity contribution in [2.75, 3.05) is 32.8 Å². The summed E-state index contributed by atoms with van der Waals surface area (Å²) >= 11 is 0. The fourth-order valence-corrected chi connectivity index (χ4v) is 1.85. The van der Waals surface area contributed by atoms with Gasteiger partial charge in [-0.2, -0.15) is 5.26 Å². The van der Waals surface area contributed by atoms with Gasteiger partial charge in [0.1, 0.15) is 0 Å². The van der Waals surface area contributed by atoms with Gasteiger partial charge in [0.2, 0.25) is 0 Å². The minimum atomic E-state index is -0.928. The van der Waals surface area contributed by atoms with E-state index in [1.165, 1.54) is 9.80 Å². The number of carbonyl (C=O) groups is 2. The van der Waals surface area contributed by atoms with E-state index in [2.05, 4.69) is 0 Å². The molecule has 0 aromatic carbocycles. The molecule has 0 aromatic rings. The van der Waals surface area contributed by atoms with E-state index >= 15 is 0 Å². The second-order valence-electron chi connectivity index (χ2n) is 4.50. The van der Waals surface area contributed by atoms with Gasteiger partial charge in [-0.05, 0) is 6.92 Å². The summed E-state index contributed by atoms with van der Waals surface area (Å²) in [5.74, 6) is -1.54. The normalized spacial score (nSPS) is 20.5. The number of carboxylic acid groups (broad SMARTS) is 1. The van der Waals surface area contributed by atoms with Crippen LogP contribution < -0.4 is 0 Å². The maximum Gasteiger partial charge on any atom is 0.320 e. The summed E-state index contributed by atoms with van der Waals surface area (Å²) in [6.45, 7) is 4.95. The molecule has 1 N–H and O–H groups in total. The standard InChI is InChI=1S/C12H19N3O4/c1-3-14(7-9(2)11(16)17)12(18)15-4-5-19-10(6-13)8-15/h9-10H,3-5,7-8H2,1-2H3,(H,16,17). The molecule has 0 spiro atoms. The molecule has 2 atom stereocenters. The smallest absolute Gasteiger partial charge is 0.320 e. The molecule has 2 unspecified atom stereocenters. The molecule has 0 saturated carbocycles. The highest BCUT2D eigenvalue weighted by atomic mass is 16.5. The fraction of sp³-hybridized carbons (Fsp3) is 0.750. The number of hydrogen-bond acceptors (Lipinski definition) is 4. The van der Waals surface area contributed by atoms with Gasteiger partial charge in [-0.15, -0.1) is 0 Å². The predicted molar refractivity (Wildman–Crippen MR) is 66.4 cm³/mol. The quantitative estimate of drug-likeness (QED) is 0.796. The van der Waals surface area contributed by atoms with Crippen LogP contribution >= 0.6 is 0 Å². The van der Waals surface area contributed by atoms with Crippen LogP contribution in [-0.4, -0.2) is 65.8 Å². The zero-order valence-electron chi connectivity index (χ0n) is 11.2. The minimum Gasteiger partial charge on any atom is -0.481 e. The molecule has 7 nitrogen and oxygen atoms in total. The van der Waals surface area contributed by atoms with Crippen molar-refractivity contribution >= 4 is 12.0 Å². The summed E-state index contributed by atoms with van der Waals surface area (Å²) in [5.41, 5.74) is 0. The topological polar surface area (TPSA) is 93.9 Å². The number of hydrogen-bond donors (Lipinski definition) is 1. The van der Waals surface area contributed by atoms with Crippen LogP contribution in [0.2, 0.25) is 0 Å². The van der Waals surface area contributed by atoms with Crippen molar-refractivity contribution in [2.24, 2.45) is 5.92 Å². The zero-order valence-corrected chi connectivity index (χ0v) is 11.2. The van der Waals surface area contributed by atoms with E-state index in [1.807, 2.05) is 6.07 Å². The Bertz CT molecular complexity index is 380. The van der Waals surface area contributed by atoms with Crippen molar-refractivity contribution in [1.82, 2.24) is 9.80 Å². The van der Waals surface area contributed by atoms with Crippen molar-refractivity contribution in [3.05, 3.63) is 0 Å². The molecule has 0 aromatic heterocycles. The first-order chi connectivity index (χ1) is 8.99. The number of carbonyl (C=O) groups excluding carboxylic acids is 1. The van der Waals surface area contributed by atoms with Crippen LogP contribution in [0, 0.1) is 17.2 Å². The summed E-state index contributed by atoms with van der Waals surface area (Å²) in [6.07, 6.45) is -0.603. The molecule has 106 valence electrons. The highest BCUT2D eigenvalue weighted by Gasteiger charge is 2.28. The maximum absolute atomic E-state index is 12.2. The largest absolute Gasteiger partial charge is 0.481 e. The molecule has 0 aliphatic carbocycles. The van der Waals surface area contributed by atoms with Gasteiger partial charge in [-0.25, -0.2) is 4.79 Å². The minimum absolute atomic E-state index is 0.166. The molecule has 1 heterocycles. The Labute approximate surface area is 112 Å². The van der Waals surface area contributed by atoms with E-state index in [0.29, 0.717) is 19.7 Å². The monoisotopic (exact) mass is 269 g/mol. The summed E-state index contributed by atoms with van der Waals surface area (Å²) in [6, 6.07) is 1.74. The Kier molecular flexibility index (Phi) is 5.57. The van der Waals surface area contributed by atoms with E-state index in [0.717, 1.165) is 0 Å². The number of rotatable bonds is 4. The van der Waals surface area contributed by atoms with Gasteiger partial charge in [0, 0.05) is 19.6 Å². The molecule has 7 heteroatoms. The summed E-state index contributed by atoms with van der Waals surface area (Å²) in [7, 11) is 0. The molecule has 0 bridgehead atoms. The lowest BCUT2D eigenvalue weighted by Gasteiger charge is -2.34. The maximum atomic E-state index is 12.2. The van der Waals surface area contributed by atoms with Gasteiger partial charge in [0.25, 0.3) is 0 Å². The zero-order chi connectivity index (χ0) is 14.4. The van der Waals surface area contributed by atoms with Crippen LogP contribution in [0.4, 0.5) is 4.79 Å². The van der Waals surface area contributed by atoms with E-state index in [9.17, 15) is 9.59 Å². The highest BCUT2D eigenvalue weighted by Crippen LogP contribution is 2.10. The Morgan fingerprint density at radius 3 is 2.84 bits per heavy atom. The molecule has 1 aliphatic rings. The van der Waals surface area contributed by atoms with E-state index in [4.69, 9.17) is 15.1 Å². The Balaban J connectivity index is 2.62. The third-order valence-corrected chi connectivity index (χ3v) is 3.05. The van der Waals surface area contributed by atoms with Crippen LogP contribution in [0.5, 0.6) is 0 Å². The number of urea groups is 1. The number of morpholine rings is 1. The van der Waals surface area contributed by atoms with Gasteiger partial charge in [-0.1, -0.05) is 6.92 Å². The van der Waals surface area contributed by atoms with E-state index < -0.39 is 18.0 Å².